The lowest BCUT2D eigenvalue weighted by atomic mass is 10.2. The molecule has 0 saturated carbocycles. The molecule has 2 N–H and O–H groups in total. The Balaban J connectivity index is 1.55. The van der Waals surface area contributed by atoms with Gasteiger partial charge >= 0.3 is 0 Å². The maximum atomic E-state index is 12.2. The first-order chi connectivity index (χ1) is 13.0. The lowest BCUT2D eigenvalue weighted by Gasteiger charge is -2.10. The number of hydrazine groups is 1. The highest BCUT2D eigenvalue weighted by Crippen LogP contribution is 2.27. The summed E-state index contributed by atoms with van der Waals surface area (Å²) in [4.78, 5) is 24.1. The van der Waals surface area contributed by atoms with Gasteiger partial charge in [-0.25, -0.2) is 0 Å². The van der Waals surface area contributed by atoms with E-state index in [0.29, 0.717) is 22.0 Å². The minimum absolute atomic E-state index is 0.238. The fraction of sp³-hybridized carbons (Fsp3) is 0.111. The lowest BCUT2D eigenvalue weighted by molar-refractivity contribution is -0.121. The Morgan fingerprint density at radius 1 is 1.07 bits per heavy atom. The highest BCUT2D eigenvalue weighted by molar-refractivity contribution is 8.00. The van der Waals surface area contributed by atoms with Gasteiger partial charge in [0, 0.05) is 16.1 Å². The molecule has 0 aliphatic rings. The Bertz CT molecular complexity index is 949. The molecule has 2 amide bonds. The van der Waals surface area contributed by atoms with E-state index in [1.165, 1.54) is 0 Å². The normalized spacial score (nSPS) is 11.6. The zero-order valence-corrected chi connectivity index (χ0v) is 15.8. The molecule has 0 saturated heterocycles. The van der Waals surface area contributed by atoms with Crippen LogP contribution in [0.25, 0.3) is 11.5 Å². The molecule has 0 spiro atoms. The Morgan fingerprint density at radius 2 is 1.85 bits per heavy atom. The van der Waals surface area contributed by atoms with Gasteiger partial charge in [0.15, 0.2) is 0 Å². The van der Waals surface area contributed by atoms with Gasteiger partial charge in [-0.1, -0.05) is 47.6 Å². The number of benzene rings is 2. The highest BCUT2D eigenvalue weighted by atomic mass is 35.5. The van der Waals surface area contributed by atoms with Gasteiger partial charge in [-0.2, -0.15) is 0 Å². The fourth-order valence-electron chi connectivity index (χ4n) is 2.08. The van der Waals surface area contributed by atoms with Gasteiger partial charge in [0.25, 0.3) is 17.0 Å². The molecule has 0 fully saturated rings. The number of hydrogen-bond acceptors (Lipinski definition) is 6. The van der Waals surface area contributed by atoms with Gasteiger partial charge in [0.1, 0.15) is 0 Å². The Morgan fingerprint density at radius 3 is 2.59 bits per heavy atom. The average Bonchev–Trinajstić information content (AvgIpc) is 3.15. The lowest BCUT2D eigenvalue weighted by Crippen LogP contribution is -2.44. The summed E-state index contributed by atoms with van der Waals surface area (Å²) in [6.07, 6.45) is 0. The van der Waals surface area contributed by atoms with Gasteiger partial charge in [0.2, 0.25) is 5.89 Å². The summed E-state index contributed by atoms with van der Waals surface area (Å²) in [6, 6.07) is 15.6. The molecule has 3 rings (SSSR count). The van der Waals surface area contributed by atoms with Crippen LogP contribution in [-0.4, -0.2) is 27.3 Å². The molecule has 138 valence electrons. The fourth-order valence-corrected chi connectivity index (χ4v) is 2.96. The van der Waals surface area contributed by atoms with E-state index in [1.54, 1.807) is 61.5 Å². The molecule has 9 heteroatoms. The minimum Gasteiger partial charge on any atom is -0.411 e. The predicted molar refractivity (Wildman–Crippen MR) is 102 cm³/mol. The number of thioether (sulfide) groups is 1. The molecule has 1 aromatic heterocycles. The summed E-state index contributed by atoms with van der Waals surface area (Å²) in [5, 5.41) is 8.11. The van der Waals surface area contributed by atoms with Crippen LogP contribution in [0, 0.1) is 0 Å². The van der Waals surface area contributed by atoms with Crippen molar-refractivity contribution in [3.05, 3.63) is 65.2 Å². The summed E-state index contributed by atoms with van der Waals surface area (Å²) >= 11 is 7.03. The number of hydrogen-bond donors (Lipinski definition) is 2. The van der Waals surface area contributed by atoms with Crippen LogP contribution in [0.1, 0.15) is 17.3 Å². The van der Waals surface area contributed by atoms with Gasteiger partial charge in [-0.3, -0.25) is 20.4 Å². The molecule has 0 aliphatic heterocycles. The SMILES string of the molecule is C[C@H](Sc1nnc(-c2cccc(Cl)c2)o1)C(=O)NNC(=O)c1ccccc1. The third-order valence-corrected chi connectivity index (χ3v) is 4.63. The number of carbonyl (C=O) groups excluding carboxylic acids is 2. The van der Waals surface area contributed by atoms with E-state index in [9.17, 15) is 9.59 Å². The number of rotatable bonds is 5. The number of halogens is 1. The van der Waals surface area contributed by atoms with Crippen LogP contribution in [0.15, 0.2) is 64.2 Å². The van der Waals surface area contributed by atoms with E-state index in [4.69, 9.17) is 16.0 Å². The van der Waals surface area contributed by atoms with Crippen molar-refractivity contribution < 1.29 is 14.0 Å². The molecule has 3 aromatic rings. The second kappa shape index (κ2) is 8.70. The molecule has 0 aliphatic carbocycles. The standard InChI is InChI=1S/C18H15ClN4O3S/c1-11(15(24)20-21-16(25)12-6-3-2-4-7-12)27-18-23-22-17(26-18)13-8-5-9-14(19)10-13/h2-11H,1H3,(H,20,24)(H,21,25)/t11-/m0/s1. The summed E-state index contributed by atoms with van der Waals surface area (Å²) in [7, 11) is 0. The zero-order chi connectivity index (χ0) is 19.2. The molecule has 27 heavy (non-hydrogen) atoms. The molecular formula is C18H15ClN4O3S. The largest absolute Gasteiger partial charge is 0.411 e. The van der Waals surface area contributed by atoms with Crippen LogP contribution in [0.3, 0.4) is 0 Å². The van der Waals surface area contributed by atoms with Crippen molar-refractivity contribution in [2.75, 3.05) is 0 Å². The summed E-state index contributed by atoms with van der Waals surface area (Å²) in [5.41, 5.74) is 5.88. The van der Waals surface area contributed by atoms with Crippen LogP contribution in [-0.2, 0) is 4.79 Å². The Kier molecular flexibility index (Phi) is 6.10. The molecule has 0 unspecified atom stereocenters. The second-order valence-corrected chi connectivity index (χ2v) is 7.18. The number of amides is 2. The first kappa shape index (κ1) is 18.9. The first-order valence-corrected chi connectivity index (χ1v) is 9.20. The first-order valence-electron chi connectivity index (χ1n) is 7.94. The highest BCUT2D eigenvalue weighted by Gasteiger charge is 2.19. The molecule has 0 bridgehead atoms. The van der Waals surface area contributed by atoms with Crippen molar-refractivity contribution in [3.8, 4) is 11.5 Å². The maximum absolute atomic E-state index is 12.2. The van der Waals surface area contributed by atoms with Crippen molar-refractivity contribution in [2.45, 2.75) is 17.4 Å². The monoisotopic (exact) mass is 402 g/mol. The summed E-state index contributed by atoms with van der Waals surface area (Å²) in [6.45, 7) is 1.66. The molecule has 7 nitrogen and oxygen atoms in total. The molecule has 0 radical (unpaired) electrons. The van der Waals surface area contributed by atoms with Crippen molar-refractivity contribution in [3.63, 3.8) is 0 Å². The third-order valence-electron chi connectivity index (χ3n) is 3.46. The van der Waals surface area contributed by atoms with E-state index in [2.05, 4.69) is 21.0 Å². The number of nitrogens with zero attached hydrogens (tertiary/aromatic N) is 2. The second-order valence-electron chi connectivity index (χ2n) is 5.45. The van der Waals surface area contributed by atoms with Crippen LogP contribution >= 0.6 is 23.4 Å². The smallest absolute Gasteiger partial charge is 0.277 e. The van der Waals surface area contributed by atoms with Crippen molar-refractivity contribution in [2.24, 2.45) is 0 Å². The van der Waals surface area contributed by atoms with Gasteiger partial charge in [0.05, 0.1) is 5.25 Å². The van der Waals surface area contributed by atoms with E-state index in [-0.39, 0.29) is 5.22 Å². The molecular weight excluding hydrogens is 388 g/mol. The van der Waals surface area contributed by atoms with Crippen LogP contribution < -0.4 is 10.9 Å². The number of aromatic nitrogens is 2. The van der Waals surface area contributed by atoms with Crippen molar-refractivity contribution in [1.82, 2.24) is 21.0 Å². The van der Waals surface area contributed by atoms with Gasteiger partial charge < -0.3 is 4.42 Å². The summed E-state index contributed by atoms with van der Waals surface area (Å²) < 4.78 is 5.56. The molecule has 2 aromatic carbocycles. The van der Waals surface area contributed by atoms with Gasteiger partial charge in [-0.15, -0.1) is 10.2 Å². The van der Waals surface area contributed by atoms with Crippen LogP contribution in [0.2, 0.25) is 5.02 Å². The van der Waals surface area contributed by atoms with E-state index >= 15 is 0 Å². The Hall–Kier alpha value is -2.84. The minimum atomic E-state index is -0.561. The van der Waals surface area contributed by atoms with E-state index < -0.39 is 17.1 Å². The number of carbonyl (C=O) groups is 2. The quantitative estimate of drug-likeness (QED) is 0.502. The third kappa shape index (κ3) is 5.08. The summed E-state index contributed by atoms with van der Waals surface area (Å²) in [5.74, 6) is -0.487. The van der Waals surface area contributed by atoms with E-state index in [1.807, 2.05) is 0 Å². The van der Waals surface area contributed by atoms with Crippen LogP contribution in [0.4, 0.5) is 0 Å². The van der Waals surface area contributed by atoms with E-state index in [0.717, 1.165) is 11.8 Å². The van der Waals surface area contributed by atoms with Gasteiger partial charge in [-0.05, 0) is 37.3 Å². The topological polar surface area (TPSA) is 97.1 Å². The average molecular weight is 403 g/mol. The van der Waals surface area contributed by atoms with Crippen molar-refractivity contribution >= 4 is 35.2 Å². The Labute approximate surface area is 164 Å². The molecule has 1 atom stereocenters. The zero-order valence-electron chi connectivity index (χ0n) is 14.2. The maximum Gasteiger partial charge on any atom is 0.277 e. The molecule has 1 heterocycles. The van der Waals surface area contributed by atoms with Crippen molar-refractivity contribution in [1.29, 1.82) is 0 Å². The number of nitrogens with one attached hydrogen (secondary N) is 2. The van der Waals surface area contributed by atoms with Crippen LogP contribution in [0.5, 0.6) is 0 Å². The predicted octanol–water partition coefficient (Wildman–Crippen LogP) is 3.33.